The smallest absolute Gasteiger partial charge is 0.122 e. The maximum Gasteiger partial charge on any atom is 0.122 e. The summed E-state index contributed by atoms with van der Waals surface area (Å²) in [5, 5.41) is 3.79. The molecule has 108 valence electrons. The number of benzene rings is 2. The molecule has 0 amide bonds. The Balaban J connectivity index is 1.47. The number of aryl methyl sites for hydroxylation is 1. The summed E-state index contributed by atoms with van der Waals surface area (Å²) in [5.74, 6) is 1.64. The molecule has 1 heterocycles. The highest BCUT2D eigenvalue weighted by molar-refractivity contribution is 5.38. The third-order valence-corrected chi connectivity index (χ3v) is 4.83. The van der Waals surface area contributed by atoms with Crippen molar-refractivity contribution in [1.82, 2.24) is 5.32 Å². The van der Waals surface area contributed by atoms with Crippen LogP contribution in [0.15, 0.2) is 48.5 Å². The summed E-state index contributed by atoms with van der Waals surface area (Å²) in [5.41, 5.74) is 4.38. The standard InChI is InChI=1S/C19H21NO/c1-2-6-16-14(5-1)9-10-18(16)20-13-15-11-12-21-19-8-4-3-7-17(15)19/h1-8,15,18,20H,9-13H2. The van der Waals surface area contributed by atoms with Gasteiger partial charge < -0.3 is 10.1 Å². The number of fused-ring (bicyclic) bond motifs is 2. The van der Waals surface area contributed by atoms with Crippen LogP contribution in [0.2, 0.25) is 0 Å². The number of nitrogens with one attached hydrogen (secondary N) is 1. The Kier molecular flexibility index (Phi) is 3.40. The van der Waals surface area contributed by atoms with Crippen LogP contribution in [0.25, 0.3) is 0 Å². The van der Waals surface area contributed by atoms with Crippen molar-refractivity contribution in [3.8, 4) is 5.75 Å². The Labute approximate surface area is 126 Å². The molecule has 2 heteroatoms. The van der Waals surface area contributed by atoms with Crippen molar-refractivity contribution in [2.24, 2.45) is 0 Å². The lowest BCUT2D eigenvalue weighted by molar-refractivity contribution is 0.262. The van der Waals surface area contributed by atoms with Crippen LogP contribution in [0.1, 0.15) is 41.5 Å². The number of para-hydroxylation sites is 1. The molecule has 2 atom stereocenters. The summed E-state index contributed by atoms with van der Waals surface area (Å²) in [6, 6.07) is 17.8. The van der Waals surface area contributed by atoms with Crippen molar-refractivity contribution in [2.75, 3.05) is 13.2 Å². The molecular formula is C19H21NO. The molecule has 4 rings (SSSR count). The predicted octanol–water partition coefficient (Wildman–Crippen LogP) is 3.83. The molecule has 2 aromatic rings. The maximum atomic E-state index is 5.75. The number of hydrogen-bond donors (Lipinski definition) is 1. The average Bonchev–Trinajstić information content (AvgIpc) is 2.96. The van der Waals surface area contributed by atoms with Crippen LogP contribution in [0.5, 0.6) is 5.75 Å². The highest BCUT2D eigenvalue weighted by Gasteiger charge is 2.25. The summed E-state index contributed by atoms with van der Waals surface area (Å²) in [6.07, 6.45) is 3.54. The van der Waals surface area contributed by atoms with Crippen molar-refractivity contribution < 1.29 is 4.74 Å². The van der Waals surface area contributed by atoms with E-state index in [4.69, 9.17) is 4.74 Å². The van der Waals surface area contributed by atoms with Gasteiger partial charge in [0.1, 0.15) is 5.75 Å². The zero-order valence-corrected chi connectivity index (χ0v) is 12.2. The minimum atomic E-state index is 0.524. The lowest BCUT2D eigenvalue weighted by Crippen LogP contribution is -2.28. The molecule has 0 saturated carbocycles. The topological polar surface area (TPSA) is 21.3 Å². The second kappa shape index (κ2) is 5.53. The summed E-state index contributed by atoms with van der Waals surface area (Å²) < 4.78 is 5.75. The highest BCUT2D eigenvalue weighted by atomic mass is 16.5. The van der Waals surface area contributed by atoms with Crippen LogP contribution in [0.3, 0.4) is 0 Å². The average molecular weight is 279 g/mol. The molecule has 1 aliphatic heterocycles. The quantitative estimate of drug-likeness (QED) is 0.922. The van der Waals surface area contributed by atoms with Crippen LogP contribution in [0.4, 0.5) is 0 Å². The van der Waals surface area contributed by atoms with E-state index in [2.05, 4.69) is 53.8 Å². The van der Waals surface area contributed by atoms with Gasteiger partial charge in [-0.2, -0.15) is 0 Å². The largest absolute Gasteiger partial charge is 0.493 e. The summed E-state index contributed by atoms with van der Waals surface area (Å²) in [6.45, 7) is 1.88. The monoisotopic (exact) mass is 279 g/mol. The number of hydrogen-bond acceptors (Lipinski definition) is 2. The molecule has 0 radical (unpaired) electrons. The van der Waals surface area contributed by atoms with Crippen molar-refractivity contribution in [3.63, 3.8) is 0 Å². The molecule has 21 heavy (non-hydrogen) atoms. The van der Waals surface area contributed by atoms with Crippen molar-refractivity contribution in [3.05, 3.63) is 65.2 Å². The molecule has 0 fully saturated rings. The van der Waals surface area contributed by atoms with Crippen LogP contribution >= 0.6 is 0 Å². The fraction of sp³-hybridized carbons (Fsp3) is 0.368. The molecule has 2 aromatic carbocycles. The fourth-order valence-electron chi connectivity index (χ4n) is 3.68. The van der Waals surface area contributed by atoms with Crippen LogP contribution < -0.4 is 10.1 Å². The lowest BCUT2D eigenvalue weighted by Gasteiger charge is -2.27. The predicted molar refractivity (Wildman–Crippen MR) is 84.8 cm³/mol. The first kappa shape index (κ1) is 12.9. The van der Waals surface area contributed by atoms with Crippen molar-refractivity contribution in [1.29, 1.82) is 0 Å². The van der Waals surface area contributed by atoms with Crippen LogP contribution in [-0.2, 0) is 6.42 Å². The van der Waals surface area contributed by atoms with E-state index < -0.39 is 0 Å². The van der Waals surface area contributed by atoms with Crippen LogP contribution in [-0.4, -0.2) is 13.2 Å². The molecular weight excluding hydrogens is 258 g/mol. The van der Waals surface area contributed by atoms with Gasteiger partial charge in [-0.1, -0.05) is 42.5 Å². The highest BCUT2D eigenvalue weighted by Crippen LogP contribution is 2.35. The zero-order chi connectivity index (χ0) is 14.1. The molecule has 2 aliphatic rings. The molecule has 1 N–H and O–H groups in total. The second-order valence-electron chi connectivity index (χ2n) is 6.07. The van der Waals surface area contributed by atoms with Crippen molar-refractivity contribution in [2.45, 2.75) is 31.2 Å². The first-order valence-electron chi connectivity index (χ1n) is 7.95. The van der Waals surface area contributed by atoms with E-state index in [0.717, 1.165) is 25.3 Å². The van der Waals surface area contributed by atoms with Gasteiger partial charge in [-0.3, -0.25) is 0 Å². The minimum absolute atomic E-state index is 0.524. The van der Waals surface area contributed by atoms with Crippen molar-refractivity contribution >= 4 is 0 Å². The molecule has 0 saturated heterocycles. The lowest BCUT2D eigenvalue weighted by atomic mass is 9.92. The fourth-order valence-corrected chi connectivity index (χ4v) is 3.68. The molecule has 0 bridgehead atoms. The van der Waals surface area contributed by atoms with Gasteiger partial charge >= 0.3 is 0 Å². The summed E-state index contributed by atoms with van der Waals surface area (Å²) in [4.78, 5) is 0. The molecule has 2 nitrogen and oxygen atoms in total. The van der Waals surface area contributed by atoms with Gasteiger partial charge in [0.05, 0.1) is 6.61 Å². The molecule has 0 spiro atoms. The number of rotatable bonds is 3. The Morgan fingerprint density at radius 1 is 0.952 bits per heavy atom. The third kappa shape index (κ3) is 2.44. The Morgan fingerprint density at radius 3 is 2.71 bits per heavy atom. The normalized spacial score (nSPS) is 23.2. The third-order valence-electron chi connectivity index (χ3n) is 4.83. The van der Waals surface area contributed by atoms with Gasteiger partial charge in [-0.05, 0) is 42.0 Å². The molecule has 0 aromatic heterocycles. The van der Waals surface area contributed by atoms with Gasteiger partial charge in [-0.15, -0.1) is 0 Å². The first-order chi connectivity index (χ1) is 10.4. The van der Waals surface area contributed by atoms with Gasteiger partial charge in [0.25, 0.3) is 0 Å². The van der Waals surface area contributed by atoms with Crippen LogP contribution in [0, 0.1) is 0 Å². The van der Waals surface area contributed by atoms with Gasteiger partial charge in [0, 0.05) is 18.5 Å². The zero-order valence-electron chi connectivity index (χ0n) is 12.2. The molecule has 1 aliphatic carbocycles. The van der Waals surface area contributed by atoms with E-state index in [1.807, 2.05) is 0 Å². The molecule has 2 unspecified atom stereocenters. The van der Waals surface area contributed by atoms with Gasteiger partial charge in [0.2, 0.25) is 0 Å². The van der Waals surface area contributed by atoms with E-state index >= 15 is 0 Å². The maximum absolute atomic E-state index is 5.75. The van der Waals surface area contributed by atoms with E-state index in [9.17, 15) is 0 Å². The van der Waals surface area contributed by atoms with Gasteiger partial charge in [-0.25, -0.2) is 0 Å². The minimum Gasteiger partial charge on any atom is -0.493 e. The first-order valence-corrected chi connectivity index (χ1v) is 7.95. The SMILES string of the molecule is c1ccc2c(c1)CCC2NCC1CCOc2ccccc21. The van der Waals surface area contributed by atoms with E-state index in [1.54, 1.807) is 0 Å². The van der Waals surface area contributed by atoms with Gasteiger partial charge in [0.15, 0.2) is 0 Å². The summed E-state index contributed by atoms with van der Waals surface area (Å²) >= 11 is 0. The second-order valence-corrected chi connectivity index (χ2v) is 6.07. The van der Waals surface area contributed by atoms with E-state index in [-0.39, 0.29) is 0 Å². The van der Waals surface area contributed by atoms with E-state index in [0.29, 0.717) is 12.0 Å². The Morgan fingerprint density at radius 2 is 1.76 bits per heavy atom. The Hall–Kier alpha value is -1.80. The Bertz CT molecular complexity index is 637. The summed E-state index contributed by atoms with van der Waals surface area (Å²) in [7, 11) is 0. The number of ether oxygens (including phenoxy) is 1. The van der Waals surface area contributed by atoms with E-state index in [1.165, 1.54) is 29.5 Å².